The Morgan fingerprint density at radius 3 is 2.48 bits per heavy atom. The van der Waals surface area contributed by atoms with Gasteiger partial charge in [0.15, 0.2) is 6.61 Å². The number of para-hydroxylation sites is 1. The van der Waals surface area contributed by atoms with Gasteiger partial charge in [0.25, 0.3) is 11.6 Å². The zero-order valence-corrected chi connectivity index (χ0v) is 15.3. The SMILES string of the molecule is CNc1ccc(C(=O)OCC(=O)Nc2ccccc2C(C)C)cc1[N+](=O)[O-]. The number of esters is 1. The van der Waals surface area contributed by atoms with Gasteiger partial charge in [-0.05, 0) is 29.7 Å². The molecule has 2 aromatic carbocycles. The van der Waals surface area contributed by atoms with Gasteiger partial charge in [-0.1, -0.05) is 32.0 Å². The maximum Gasteiger partial charge on any atom is 0.338 e. The molecule has 0 aromatic heterocycles. The van der Waals surface area contributed by atoms with Gasteiger partial charge in [0.2, 0.25) is 0 Å². The highest BCUT2D eigenvalue weighted by molar-refractivity contribution is 5.96. The molecule has 2 rings (SSSR count). The molecule has 0 radical (unpaired) electrons. The summed E-state index contributed by atoms with van der Waals surface area (Å²) >= 11 is 0. The van der Waals surface area contributed by atoms with Gasteiger partial charge < -0.3 is 15.4 Å². The van der Waals surface area contributed by atoms with Crippen LogP contribution in [0.25, 0.3) is 0 Å². The molecule has 0 saturated heterocycles. The van der Waals surface area contributed by atoms with Crippen LogP contribution >= 0.6 is 0 Å². The van der Waals surface area contributed by atoms with Crippen LogP contribution in [0.3, 0.4) is 0 Å². The standard InChI is InChI=1S/C19H21N3O5/c1-12(2)14-6-4-5-7-15(14)21-18(23)11-27-19(24)13-8-9-16(20-3)17(10-13)22(25)26/h4-10,12,20H,11H2,1-3H3,(H,21,23). The summed E-state index contributed by atoms with van der Waals surface area (Å²) in [6.45, 7) is 3.52. The Hall–Kier alpha value is -3.42. The Morgan fingerprint density at radius 1 is 1.15 bits per heavy atom. The van der Waals surface area contributed by atoms with Crippen molar-refractivity contribution in [1.29, 1.82) is 0 Å². The highest BCUT2D eigenvalue weighted by atomic mass is 16.6. The Bertz CT molecular complexity index is 864. The molecule has 2 aromatic rings. The van der Waals surface area contributed by atoms with Crippen molar-refractivity contribution in [3.8, 4) is 0 Å². The van der Waals surface area contributed by atoms with Crippen molar-refractivity contribution in [3.05, 3.63) is 63.7 Å². The third kappa shape index (κ3) is 5.04. The number of nitrogens with zero attached hydrogens (tertiary/aromatic N) is 1. The van der Waals surface area contributed by atoms with Gasteiger partial charge in [-0.2, -0.15) is 0 Å². The summed E-state index contributed by atoms with van der Waals surface area (Å²) in [5.74, 6) is -1.08. The summed E-state index contributed by atoms with van der Waals surface area (Å²) < 4.78 is 4.98. The number of carbonyl (C=O) groups excluding carboxylic acids is 2. The molecule has 2 N–H and O–H groups in total. The van der Waals surface area contributed by atoms with E-state index in [0.29, 0.717) is 5.69 Å². The van der Waals surface area contributed by atoms with E-state index in [4.69, 9.17) is 4.74 Å². The number of rotatable bonds is 7. The van der Waals surface area contributed by atoms with Gasteiger partial charge in [0, 0.05) is 18.8 Å². The number of nitro groups is 1. The van der Waals surface area contributed by atoms with Crippen LogP contribution in [-0.2, 0) is 9.53 Å². The van der Waals surface area contributed by atoms with Crippen LogP contribution in [0, 0.1) is 10.1 Å². The fraction of sp³-hybridized carbons (Fsp3) is 0.263. The molecule has 0 aliphatic heterocycles. The molecule has 27 heavy (non-hydrogen) atoms. The van der Waals surface area contributed by atoms with E-state index in [-0.39, 0.29) is 22.9 Å². The summed E-state index contributed by atoms with van der Waals surface area (Å²) in [5.41, 5.74) is 1.65. The zero-order chi connectivity index (χ0) is 20.0. The Kier molecular flexibility index (Phi) is 6.48. The predicted molar refractivity (Wildman–Crippen MR) is 102 cm³/mol. The second-order valence-corrected chi connectivity index (χ2v) is 6.11. The van der Waals surface area contributed by atoms with Crippen molar-refractivity contribution in [2.75, 3.05) is 24.3 Å². The topological polar surface area (TPSA) is 111 Å². The third-order valence-electron chi connectivity index (χ3n) is 3.89. The smallest absolute Gasteiger partial charge is 0.338 e. The molecule has 0 aliphatic carbocycles. The summed E-state index contributed by atoms with van der Waals surface area (Å²) in [4.78, 5) is 34.7. The third-order valence-corrected chi connectivity index (χ3v) is 3.89. The minimum Gasteiger partial charge on any atom is -0.452 e. The lowest BCUT2D eigenvalue weighted by Crippen LogP contribution is -2.21. The van der Waals surface area contributed by atoms with Gasteiger partial charge >= 0.3 is 5.97 Å². The van der Waals surface area contributed by atoms with E-state index < -0.39 is 23.4 Å². The van der Waals surface area contributed by atoms with Crippen molar-refractivity contribution in [1.82, 2.24) is 0 Å². The van der Waals surface area contributed by atoms with E-state index in [1.54, 1.807) is 19.2 Å². The monoisotopic (exact) mass is 371 g/mol. The van der Waals surface area contributed by atoms with E-state index in [2.05, 4.69) is 10.6 Å². The quantitative estimate of drug-likeness (QED) is 0.437. The molecule has 0 aliphatic rings. The van der Waals surface area contributed by atoms with Crippen LogP contribution in [-0.4, -0.2) is 30.5 Å². The highest BCUT2D eigenvalue weighted by Gasteiger charge is 2.18. The number of hydrogen-bond donors (Lipinski definition) is 2. The van der Waals surface area contributed by atoms with E-state index in [1.807, 2.05) is 26.0 Å². The van der Waals surface area contributed by atoms with Crippen LogP contribution < -0.4 is 10.6 Å². The number of nitrogens with one attached hydrogen (secondary N) is 2. The Labute approximate surface area is 156 Å². The normalized spacial score (nSPS) is 10.4. The zero-order valence-electron chi connectivity index (χ0n) is 15.3. The van der Waals surface area contributed by atoms with Gasteiger partial charge in [-0.25, -0.2) is 4.79 Å². The lowest BCUT2D eigenvalue weighted by molar-refractivity contribution is -0.384. The number of benzene rings is 2. The largest absolute Gasteiger partial charge is 0.452 e. The minimum atomic E-state index is -0.812. The molecule has 0 atom stereocenters. The van der Waals surface area contributed by atoms with Crippen molar-refractivity contribution >= 4 is 28.9 Å². The summed E-state index contributed by atoms with van der Waals surface area (Å²) in [6, 6.07) is 11.3. The van der Waals surface area contributed by atoms with Crippen LogP contribution in [0.4, 0.5) is 17.1 Å². The minimum absolute atomic E-state index is 0.00363. The molecule has 8 nitrogen and oxygen atoms in total. The number of amides is 1. The molecular weight excluding hydrogens is 350 g/mol. The number of hydrogen-bond acceptors (Lipinski definition) is 6. The first-order valence-electron chi connectivity index (χ1n) is 8.35. The number of nitro benzene ring substituents is 1. The number of anilines is 2. The molecule has 0 fully saturated rings. The first-order valence-corrected chi connectivity index (χ1v) is 8.35. The first kappa shape index (κ1) is 19.9. The molecule has 0 bridgehead atoms. The number of carbonyl (C=O) groups is 2. The summed E-state index contributed by atoms with van der Waals surface area (Å²) in [5, 5.41) is 16.5. The Balaban J connectivity index is 2.02. The van der Waals surface area contributed by atoms with Crippen molar-refractivity contribution < 1.29 is 19.2 Å². The van der Waals surface area contributed by atoms with E-state index in [9.17, 15) is 19.7 Å². The molecule has 8 heteroatoms. The van der Waals surface area contributed by atoms with Crippen molar-refractivity contribution in [3.63, 3.8) is 0 Å². The lowest BCUT2D eigenvalue weighted by Gasteiger charge is -2.13. The molecule has 0 spiro atoms. The van der Waals surface area contributed by atoms with Gasteiger partial charge in [-0.15, -0.1) is 0 Å². The van der Waals surface area contributed by atoms with Crippen LogP contribution in [0.1, 0.15) is 35.7 Å². The maximum absolute atomic E-state index is 12.1. The highest BCUT2D eigenvalue weighted by Crippen LogP contribution is 2.26. The summed E-state index contributed by atoms with van der Waals surface area (Å²) in [6.07, 6.45) is 0. The van der Waals surface area contributed by atoms with E-state index in [1.165, 1.54) is 12.1 Å². The van der Waals surface area contributed by atoms with Crippen molar-refractivity contribution in [2.24, 2.45) is 0 Å². The lowest BCUT2D eigenvalue weighted by atomic mass is 10.0. The van der Waals surface area contributed by atoms with Crippen LogP contribution in [0.5, 0.6) is 0 Å². The van der Waals surface area contributed by atoms with Crippen LogP contribution in [0.15, 0.2) is 42.5 Å². The van der Waals surface area contributed by atoms with E-state index >= 15 is 0 Å². The van der Waals surface area contributed by atoms with Gasteiger partial charge in [0.1, 0.15) is 5.69 Å². The first-order chi connectivity index (χ1) is 12.8. The molecule has 1 amide bonds. The molecule has 0 saturated carbocycles. The molecule has 0 unspecified atom stereocenters. The fourth-order valence-electron chi connectivity index (χ4n) is 2.54. The summed E-state index contributed by atoms with van der Waals surface area (Å²) in [7, 11) is 1.54. The average molecular weight is 371 g/mol. The number of ether oxygens (including phenoxy) is 1. The average Bonchev–Trinajstić information content (AvgIpc) is 2.65. The molecule has 0 heterocycles. The van der Waals surface area contributed by atoms with Crippen molar-refractivity contribution in [2.45, 2.75) is 19.8 Å². The second-order valence-electron chi connectivity index (χ2n) is 6.11. The van der Waals surface area contributed by atoms with E-state index in [0.717, 1.165) is 11.6 Å². The molecular formula is C19H21N3O5. The fourth-order valence-corrected chi connectivity index (χ4v) is 2.54. The van der Waals surface area contributed by atoms with Gasteiger partial charge in [0.05, 0.1) is 10.5 Å². The maximum atomic E-state index is 12.1. The Morgan fingerprint density at radius 2 is 1.85 bits per heavy atom. The van der Waals surface area contributed by atoms with Crippen LogP contribution in [0.2, 0.25) is 0 Å². The molecule has 142 valence electrons. The second kappa shape index (κ2) is 8.79. The van der Waals surface area contributed by atoms with Gasteiger partial charge in [-0.3, -0.25) is 14.9 Å². The predicted octanol–water partition coefficient (Wildman–Crippen LogP) is 3.56.